The van der Waals surface area contributed by atoms with Gasteiger partial charge >= 0.3 is 0 Å². The van der Waals surface area contributed by atoms with Crippen molar-refractivity contribution in [3.8, 4) is 11.4 Å². The SMILES string of the molecule is N.c1ccc2c(-c3nccc4ccccc34)nccc2c1. The van der Waals surface area contributed by atoms with Crippen LogP contribution in [-0.2, 0) is 0 Å². The Labute approximate surface area is 122 Å². The average molecular weight is 273 g/mol. The van der Waals surface area contributed by atoms with Gasteiger partial charge in [0.1, 0.15) is 0 Å². The van der Waals surface area contributed by atoms with Gasteiger partial charge in [-0.15, -0.1) is 0 Å². The highest BCUT2D eigenvalue weighted by Crippen LogP contribution is 2.29. The maximum absolute atomic E-state index is 4.56. The summed E-state index contributed by atoms with van der Waals surface area (Å²) >= 11 is 0. The molecule has 4 aromatic rings. The molecule has 0 aliphatic heterocycles. The highest BCUT2D eigenvalue weighted by atomic mass is 14.8. The smallest absolute Gasteiger partial charge is 0.0970 e. The Morgan fingerprint density at radius 2 is 0.952 bits per heavy atom. The van der Waals surface area contributed by atoms with Crippen LogP contribution >= 0.6 is 0 Å². The predicted molar refractivity (Wildman–Crippen MR) is 87.5 cm³/mol. The average Bonchev–Trinajstić information content (AvgIpc) is 2.54. The summed E-state index contributed by atoms with van der Waals surface area (Å²) in [4.78, 5) is 9.13. The molecule has 0 atom stereocenters. The van der Waals surface area contributed by atoms with Crippen LogP contribution in [-0.4, -0.2) is 9.97 Å². The third kappa shape index (κ3) is 2.14. The molecule has 0 radical (unpaired) electrons. The van der Waals surface area contributed by atoms with Crippen LogP contribution in [0.3, 0.4) is 0 Å². The van der Waals surface area contributed by atoms with Crippen molar-refractivity contribution in [3.63, 3.8) is 0 Å². The Kier molecular flexibility index (Phi) is 3.34. The molecule has 2 heterocycles. The summed E-state index contributed by atoms with van der Waals surface area (Å²) in [5, 5.41) is 4.65. The van der Waals surface area contributed by atoms with Crippen LogP contribution in [0.4, 0.5) is 0 Å². The van der Waals surface area contributed by atoms with Crippen LogP contribution in [0.1, 0.15) is 0 Å². The van der Waals surface area contributed by atoms with E-state index < -0.39 is 0 Å². The molecule has 0 amide bonds. The molecule has 102 valence electrons. The molecule has 3 nitrogen and oxygen atoms in total. The summed E-state index contributed by atoms with van der Waals surface area (Å²) in [5.41, 5.74) is 1.89. The van der Waals surface area contributed by atoms with Gasteiger partial charge in [-0.25, -0.2) is 0 Å². The van der Waals surface area contributed by atoms with E-state index in [1.54, 1.807) is 0 Å². The second-order valence-electron chi connectivity index (χ2n) is 4.76. The van der Waals surface area contributed by atoms with Gasteiger partial charge in [0, 0.05) is 23.2 Å². The summed E-state index contributed by atoms with van der Waals surface area (Å²) in [5.74, 6) is 0. The fraction of sp³-hybridized carbons (Fsp3) is 0. The number of benzene rings is 2. The fourth-order valence-electron chi connectivity index (χ4n) is 2.62. The van der Waals surface area contributed by atoms with Gasteiger partial charge in [0.2, 0.25) is 0 Å². The summed E-state index contributed by atoms with van der Waals surface area (Å²) < 4.78 is 0. The molecule has 2 aromatic carbocycles. The molecule has 0 saturated heterocycles. The second-order valence-corrected chi connectivity index (χ2v) is 4.76. The zero-order valence-corrected chi connectivity index (χ0v) is 11.5. The first-order valence-electron chi connectivity index (χ1n) is 6.61. The maximum Gasteiger partial charge on any atom is 0.0970 e. The second kappa shape index (κ2) is 5.31. The number of aromatic nitrogens is 2. The Balaban J connectivity index is 0.00000132. The summed E-state index contributed by atoms with van der Waals surface area (Å²) in [6.07, 6.45) is 3.70. The largest absolute Gasteiger partial charge is 0.344 e. The van der Waals surface area contributed by atoms with E-state index in [1.165, 1.54) is 10.8 Å². The van der Waals surface area contributed by atoms with Crippen LogP contribution < -0.4 is 6.15 Å². The molecule has 3 heteroatoms. The molecule has 2 aromatic heterocycles. The number of nitrogens with zero attached hydrogens (tertiary/aromatic N) is 2. The van der Waals surface area contributed by atoms with Gasteiger partial charge in [-0.05, 0) is 22.9 Å². The van der Waals surface area contributed by atoms with Gasteiger partial charge in [0.05, 0.1) is 11.4 Å². The van der Waals surface area contributed by atoms with Crippen molar-refractivity contribution in [3.05, 3.63) is 73.1 Å². The standard InChI is InChI=1S/C18H12N2.H3N/c1-3-7-15-13(5-1)9-11-19-17(15)18-16-8-4-2-6-14(16)10-12-20-18;/h1-12H;1H3. The lowest BCUT2D eigenvalue weighted by Crippen LogP contribution is -1.90. The van der Waals surface area contributed by atoms with Gasteiger partial charge < -0.3 is 6.15 Å². The molecule has 4 rings (SSSR count). The molecule has 21 heavy (non-hydrogen) atoms. The lowest BCUT2D eigenvalue weighted by Gasteiger charge is -2.07. The van der Waals surface area contributed by atoms with E-state index in [1.807, 2.05) is 48.8 Å². The zero-order chi connectivity index (χ0) is 13.4. The summed E-state index contributed by atoms with van der Waals surface area (Å²) in [6, 6.07) is 20.6. The Morgan fingerprint density at radius 3 is 1.43 bits per heavy atom. The first-order chi connectivity index (χ1) is 9.93. The number of hydrogen-bond donors (Lipinski definition) is 1. The quantitative estimate of drug-likeness (QED) is 0.550. The third-order valence-electron chi connectivity index (χ3n) is 3.57. The van der Waals surface area contributed by atoms with E-state index in [-0.39, 0.29) is 6.15 Å². The molecule has 0 bridgehead atoms. The Bertz CT molecular complexity index is 828. The molecule has 0 saturated carbocycles. The monoisotopic (exact) mass is 273 g/mol. The number of fused-ring (bicyclic) bond motifs is 2. The van der Waals surface area contributed by atoms with Gasteiger partial charge in [-0.3, -0.25) is 9.97 Å². The number of hydrogen-bond acceptors (Lipinski definition) is 3. The van der Waals surface area contributed by atoms with Crippen LogP contribution in [0.15, 0.2) is 73.1 Å². The lowest BCUT2D eigenvalue weighted by atomic mass is 10.0. The zero-order valence-electron chi connectivity index (χ0n) is 11.5. The lowest BCUT2D eigenvalue weighted by molar-refractivity contribution is 1.29. The summed E-state index contributed by atoms with van der Waals surface area (Å²) in [6.45, 7) is 0. The van der Waals surface area contributed by atoms with Crippen molar-refractivity contribution >= 4 is 21.5 Å². The molecule has 0 unspecified atom stereocenters. The fourth-order valence-corrected chi connectivity index (χ4v) is 2.62. The van der Waals surface area contributed by atoms with E-state index in [0.29, 0.717) is 0 Å². The molecule has 0 spiro atoms. The van der Waals surface area contributed by atoms with Crippen molar-refractivity contribution in [2.75, 3.05) is 0 Å². The van der Waals surface area contributed by atoms with E-state index in [2.05, 4.69) is 34.2 Å². The summed E-state index contributed by atoms with van der Waals surface area (Å²) in [7, 11) is 0. The predicted octanol–water partition coefficient (Wildman–Crippen LogP) is 4.61. The van der Waals surface area contributed by atoms with Gasteiger partial charge in [0.25, 0.3) is 0 Å². The molecule has 0 fully saturated rings. The third-order valence-corrected chi connectivity index (χ3v) is 3.57. The molecular weight excluding hydrogens is 258 g/mol. The maximum atomic E-state index is 4.56. The van der Waals surface area contributed by atoms with E-state index in [0.717, 1.165) is 22.2 Å². The van der Waals surface area contributed by atoms with Crippen molar-refractivity contribution in [1.82, 2.24) is 16.1 Å². The first kappa shape index (κ1) is 13.2. The Hall–Kier alpha value is -2.78. The molecule has 0 aliphatic carbocycles. The van der Waals surface area contributed by atoms with E-state index in [9.17, 15) is 0 Å². The van der Waals surface area contributed by atoms with Gasteiger partial charge in [-0.2, -0.15) is 0 Å². The highest BCUT2D eigenvalue weighted by molar-refractivity contribution is 6.02. The minimum Gasteiger partial charge on any atom is -0.344 e. The van der Waals surface area contributed by atoms with Crippen molar-refractivity contribution in [2.45, 2.75) is 0 Å². The minimum atomic E-state index is 0. The van der Waals surface area contributed by atoms with Crippen molar-refractivity contribution in [2.24, 2.45) is 0 Å². The van der Waals surface area contributed by atoms with Crippen LogP contribution in [0, 0.1) is 0 Å². The van der Waals surface area contributed by atoms with Crippen molar-refractivity contribution in [1.29, 1.82) is 0 Å². The molecule has 0 aliphatic rings. The van der Waals surface area contributed by atoms with Crippen LogP contribution in [0.2, 0.25) is 0 Å². The van der Waals surface area contributed by atoms with Crippen LogP contribution in [0.25, 0.3) is 32.9 Å². The van der Waals surface area contributed by atoms with E-state index >= 15 is 0 Å². The molecular formula is C18H15N3. The first-order valence-corrected chi connectivity index (χ1v) is 6.61. The van der Waals surface area contributed by atoms with Crippen LogP contribution in [0.5, 0.6) is 0 Å². The molecule has 3 N–H and O–H groups in total. The highest BCUT2D eigenvalue weighted by Gasteiger charge is 2.09. The van der Waals surface area contributed by atoms with Gasteiger partial charge in [-0.1, -0.05) is 48.5 Å². The van der Waals surface area contributed by atoms with Crippen molar-refractivity contribution < 1.29 is 0 Å². The van der Waals surface area contributed by atoms with Gasteiger partial charge in [0.15, 0.2) is 0 Å². The number of rotatable bonds is 1. The topological polar surface area (TPSA) is 60.8 Å². The Morgan fingerprint density at radius 1 is 0.524 bits per heavy atom. The minimum absolute atomic E-state index is 0. The normalized spacial score (nSPS) is 10.5. The van der Waals surface area contributed by atoms with E-state index in [4.69, 9.17) is 0 Å². The number of pyridine rings is 2.